The molecule has 30 heavy (non-hydrogen) atoms. The molecule has 0 atom stereocenters. The fraction of sp³-hybridized carbons (Fsp3) is 0.429. The maximum atomic E-state index is 12.4. The lowest BCUT2D eigenvalue weighted by molar-refractivity contribution is -0.131. The number of thiophene rings is 1. The minimum Gasteiger partial charge on any atom is -0.486 e. The van der Waals surface area contributed by atoms with Crippen molar-refractivity contribution in [3.8, 4) is 11.5 Å². The normalized spacial score (nSPS) is 14.8. The Bertz CT molecular complexity index is 933. The zero-order chi connectivity index (χ0) is 20.9. The molecule has 0 unspecified atom stereocenters. The van der Waals surface area contributed by atoms with Crippen LogP contribution >= 0.6 is 22.9 Å². The molecule has 1 aromatic carbocycles. The molecule has 3 heterocycles. The van der Waals surface area contributed by atoms with Crippen molar-refractivity contribution in [2.24, 2.45) is 0 Å². The number of amides is 3. The Morgan fingerprint density at radius 1 is 1.17 bits per heavy atom. The molecule has 0 aliphatic carbocycles. The number of ether oxygens (including phenoxy) is 2. The van der Waals surface area contributed by atoms with Crippen molar-refractivity contribution in [3.05, 3.63) is 44.6 Å². The summed E-state index contributed by atoms with van der Waals surface area (Å²) in [6.07, 6.45) is 1.82. The third kappa shape index (κ3) is 4.99. The molecule has 0 saturated heterocycles. The molecule has 7 nitrogen and oxygen atoms in total. The zero-order valence-electron chi connectivity index (χ0n) is 16.5. The van der Waals surface area contributed by atoms with Crippen LogP contribution in [0.15, 0.2) is 23.6 Å². The Kier molecular flexibility index (Phi) is 6.64. The summed E-state index contributed by atoms with van der Waals surface area (Å²) in [5, 5.41) is 8.14. The van der Waals surface area contributed by atoms with Gasteiger partial charge in [-0.2, -0.15) is 0 Å². The topological polar surface area (TPSA) is 79.9 Å². The molecule has 2 N–H and O–H groups in total. The fourth-order valence-electron chi connectivity index (χ4n) is 3.59. The van der Waals surface area contributed by atoms with Crippen molar-refractivity contribution >= 4 is 34.9 Å². The lowest BCUT2D eigenvalue weighted by Gasteiger charge is -2.27. The number of nitrogens with zero attached hydrogens (tertiary/aromatic N) is 1. The largest absolute Gasteiger partial charge is 0.486 e. The number of urea groups is 1. The lowest BCUT2D eigenvalue weighted by Crippen LogP contribution is -2.40. The smallest absolute Gasteiger partial charge is 0.314 e. The second-order valence-electron chi connectivity index (χ2n) is 7.22. The van der Waals surface area contributed by atoms with E-state index in [1.807, 2.05) is 17.0 Å². The first-order chi connectivity index (χ1) is 14.6. The van der Waals surface area contributed by atoms with E-state index in [-0.39, 0.29) is 11.9 Å². The van der Waals surface area contributed by atoms with Crippen LogP contribution in [-0.4, -0.2) is 49.7 Å². The number of carbonyl (C=O) groups is 2. The summed E-state index contributed by atoms with van der Waals surface area (Å²) in [4.78, 5) is 27.6. The number of hydrogen-bond donors (Lipinski definition) is 2. The van der Waals surface area contributed by atoms with Crippen LogP contribution in [0.1, 0.15) is 22.4 Å². The second kappa shape index (κ2) is 9.57. The molecule has 2 aliphatic rings. The summed E-state index contributed by atoms with van der Waals surface area (Å²) in [5.74, 6) is 1.28. The van der Waals surface area contributed by atoms with Gasteiger partial charge >= 0.3 is 6.03 Å². The molecular weight excluding hydrogens is 426 g/mol. The van der Waals surface area contributed by atoms with Crippen molar-refractivity contribution in [3.63, 3.8) is 0 Å². The van der Waals surface area contributed by atoms with Crippen LogP contribution in [0.3, 0.4) is 0 Å². The van der Waals surface area contributed by atoms with E-state index in [4.69, 9.17) is 21.1 Å². The van der Waals surface area contributed by atoms with E-state index in [0.717, 1.165) is 18.5 Å². The minimum atomic E-state index is -0.287. The van der Waals surface area contributed by atoms with E-state index < -0.39 is 0 Å². The summed E-state index contributed by atoms with van der Waals surface area (Å²) in [6, 6.07) is 5.51. The maximum absolute atomic E-state index is 12.4. The van der Waals surface area contributed by atoms with Crippen molar-refractivity contribution < 1.29 is 19.1 Å². The number of rotatable bonds is 6. The lowest BCUT2D eigenvalue weighted by atomic mass is 10.1. The SMILES string of the molecule is O=C(NCCC(=O)N1CCc2sccc2C1)NCCc1cc(Cl)c2c(c1)OCCO2. The highest BCUT2D eigenvalue weighted by Crippen LogP contribution is 2.38. The molecule has 0 bridgehead atoms. The maximum Gasteiger partial charge on any atom is 0.314 e. The molecule has 0 radical (unpaired) electrons. The molecule has 1 aromatic heterocycles. The summed E-state index contributed by atoms with van der Waals surface area (Å²) >= 11 is 7.98. The van der Waals surface area contributed by atoms with E-state index >= 15 is 0 Å². The van der Waals surface area contributed by atoms with E-state index in [2.05, 4.69) is 22.1 Å². The number of halogens is 1. The van der Waals surface area contributed by atoms with E-state index in [1.54, 1.807) is 11.3 Å². The summed E-state index contributed by atoms with van der Waals surface area (Å²) < 4.78 is 11.1. The molecule has 0 saturated carbocycles. The monoisotopic (exact) mass is 449 g/mol. The Morgan fingerprint density at radius 3 is 2.90 bits per heavy atom. The summed E-state index contributed by atoms with van der Waals surface area (Å²) in [6.45, 7) is 3.16. The van der Waals surface area contributed by atoms with Gasteiger partial charge in [-0.25, -0.2) is 4.79 Å². The first kappa shape index (κ1) is 20.8. The fourth-order valence-corrected chi connectivity index (χ4v) is 4.77. The highest BCUT2D eigenvalue weighted by atomic mass is 35.5. The molecule has 0 spiro atoms. The molecule has 2 aromatic rings. The van der Waals surface area contributed by atoms with Gasteiger partial charge < -0.3 is 25.0 Å². The van der Waals surface area contributed by atoms with Crippen molar-refractivity contribution in [2.75, 3.05) is 32.8 Å². The second-order valence-corrected chi connectivity index (χ2v) is 8.63. The molecular formula is C21H24ClN3O4S. The van der Waals surface area contributed by atoms with Gasteiger partial charge in [0.1, 0.15) is 13.2 Å². The Balaban J connectivity index is 1.15. The first-order valence-electron chi connectivity index (χ1n) is 10.0. The third-order valence-corrected chi connectivity index (χ3v) is 6.44. The summed E-state index contributed by atoms with van der Waals surface area (Å²) in [7, 11) is 0. The van der Waals surface area contributed by atoms with E-state index in [0.29, 0.717) is 62.2 Å². The highest BCUT2D eigenvalue weighted by molar-refractivity contribution is 7.10. The predicted molar refractivity (Wildman–Crippen MR) is 116 cm³/mol. The van der Waals surface area contributed by atoms with Gasteiger partial charge in [-0.1, -0.05) is 11.6 Å². The highest BCUT2D eigenvalue weighted by Gasteiger charge is 2.21. The minimum absolute atomic E-state index is 0.0677. The van der Waals surface area contributed by atoms with Crippen LogP contribution in [0.25, 0.3) is 0 Å². The van der Waals surface area contributed by atoms with Crippen LogP contribution in [-0.2, 0) is 24.2 Å². The Hall–Kier alpha value is -2.45. The zero-order valence-corrected chi connectivity index (χ0v) is 18.1. The van der Waals surface area contributed by atoms with Gasteiger partial charge in [0, 0.05) is 37.5 Å². The van der Waals surface area contributed by atoms with Gasteiger partial charge in [0.15, 0.2) is 11.5 Å². The standard InChI is InChI=1S/C21H24ClN3O4S/c22-16-11-14(12-17-20(16)29-9-8-28-17)1-5-23-21(27)24-6-2-19(26)25-7-3-18-15(13-25)4-10-30-18/h4,10-12H,1-3,5-9,13H2,(H2,23,24,27). The molecule has 2 aliphatic heterocycles. The quantitative estimate of drug-likeness (QED) is 0.710. The van der Waals surface area contributed by atoms with Gasteiger partial charge in [0.05, 0.1) is 5.02 Å². The average molecular weight is 450 g/mol. The first-order valence-corrected chi connectivity index (χ1v) is 11.3. The van der Waals surface area contributed by atoms with Gasteiger partial charge in [-0.15, -0.1) is 11.3 Å². The third-order valence-electron chi connectivity index (χ3n) is 5.14. The molecule has 4 rings (SSSR count). The molecule has 0 fully saturated rings. The van der Waals surface area contributed by atoms with E-state index in [9.17, 15) is 9.59 Å². The Morgan fingerprint density at radius 2 is 2.00 bits per heavy atom. The average Bonchev–Trinajstić information content (AvgIpc) is 3.21. The van der Waals surface area contributed by atoms with Crippen molar-refractivity contribution in [1.82, 2.24) is 15.5 Å². The van der Waals surface area contributed by atoms with Crippen molar-refractivity contribution in [1.29, 1.82) is 0 Å². The number of nitrogens with one attached hydrogen (secondary N) is 2. The summed E-state index contributed by atoms with van der Waals surface area (Å²) in [5.41, 5.74) is 2.20. The van der Waals surface area contributed by atoms with Crippen LogP contribution < -0.4 is 20.1 Å². The number of benzene rings is 1. The van der Waals surface area contributed by atoms with Crippen LogP contribution in [0, 0.1) is 0 Å². The molecule has 160 valence electrons. The van der Waals surface area contributed by atoms with Gasteiger partial charge in [0.2, 0.25) is 5.91 Å². The predicted octanol–water partition coefficient (Wildman–Crippen LogP) is 2.99. The Labute approximate surface area is 184 Å². The van der Waals surface area contributed by atoms with Crippen LogP contribution in [0.4, 0.5) is 4.79 Å². The van der Waals surface area contributed by atoms with Gasteiger partial charge in [-0.3, -0.25) is 4.79 Å². The van der Waals surface area contributed by atoms with Crippen LogP contribution in [0.5, 0.6) is 11.5 Å². The number of fused-ring (bicyclic) bond motifs is 2. The molecule has 9 heteroatoms. The number of carbonyl (C=O) groups excluding carboxylic acids is 2. The molecule has 3 amide bonds. The van der Waals surface area contributed by atoms with Gasteiger partial charge in [0.25, 0.3) is 0 Å². The van der Waals surface area contributed by atoms with Gasteiger partial charge in [-0.05, 0) is 47.5 Å². The number of hydrogen-bond acceptors (Lipinski definition) is 5. The van der Waals surface area contributed by atoms with Crippen LogP contribution in [0.2, 0.25) is 5.02 Å². The van der Waals surface area contributed by atoms with E-state index in [1.165, 1.54) is 10.4 Å². The van der Waals surface area contributed by atoms with Crippen molar-refractivity contribution in [2.45, 2.75) is 25.8 Å².